The molecule has 0 aromatic heterocycles. The maximum atomic E-state index is 12.9. The lowest BCUT2D eigenvalue weighted by molar-refractivity contribution is -0.123. The summed E-state index contributed by atoms with van der Waals surface area (Å²) < 4.78 is 5.10. The van der Waals surface area contributed by atoms with Crippen LogP contribution in [0.4, 0.5) is 11.4 Å². The number of benzene rings is 2. The van der Waals surface area contributed by atoms with Gasteiger partial charge in [-0.05, 0) is 80.0 Å². The molecule has 3 aliphatic rings. The largest absolute Gasteiger partial charge is 0.452 e. The fourth-order valence-corrected chi connectivity index (χ4v) is 5.54. The molecule has 2 bridgehead atoms. The molecule has 5 rings (SSSR count). The highest BCUT2D eigenvalue weighted by Gasteiger charge is 2.61. The summed E-state index contributed by atoms with van der Waals surface area (Å²) in [6.07, 6.45) is 3.05. The van der Waals surface area contributed by atoms with Crippen molar-refractivity contribution in [3.05, 3.63) is 59.7 Å². The zero-order valence-corrected chi connectivity index (χ0v) is 17.7. The molecule has 2 aromatic rings. The Labute approximate surface area is 185 Å². The number of nitrogens with zero attached hydrogens (tertiary/aromatic N) is 1. The van der Waals surface area contributed by atoms with Crippen LogP contribution in [0.15, 0.2) is 48.5 Å². The number of imide groups is 1. The summed E-state index contributed by atoms with van der Waals surface area (Å²) in [7, 11) is 0. The fourth-order valence-electron chi connectivity index (χ4n) is 5.54. The molecule has 0 radical (unpaired) electrons. The molecule has 1 saturated heterocycles. The minimum absolute atomic E-state index is 0.115. The van der Waals surface area contributed by atoms with E-state index in [0.29, 0.717) is 23.2 Å². The molecule has 7 nitrogen and oxygen atoms in total. The van der Waals surface area contributed by atoms with Crippen molar-refractivity contribution < 1.29 is 23.9 Å². The second-order valence-corrected chi connectivity index (χ2v) is 8.94. The van der Waals surface area contributed by atoms with Gasteiger partial charge in [-0.1, -0.05) is 12.1 Å². The third-order valence-corrected chi connectivity index (χ3v) is 6.92. The van der Waals surface area contributed by atoms with Crippen molar-refractivity contribution in [3.8, 4) is 0 Å². The van der Waals surface area contributed by atoms with E-state index in [1.165, 1.54) is 17.0 Å². The Bertz CT molecular complexity index is 1080. The average Bonchev–Trinajstić information content (AvgIpc) is 3.46. The molecule has 3 amide bonds. The van der Waals surface area contributed by atoms with Gasteiger partial charge in [0.05, 0.1) is 23.1 Å². The van der Waals surface area contributed by atoms with Crippen molar-refractivity contribution in [2.24, 2.45) is 23.7 Å². The number of hydrogen-bond acceptors (Lipinski definition) is 5. The number of aryl methyl sites for hydroxylation is 1. The van der Waals surface area contributed by atoms with Gasteiger partial charge in [0.25, 0.3) is 5.91 Å². The molecular formula is C25H24N2O5. The lowest BCUT2D eigenvalue weighted by Crippen LogP contribution is -2.32. The first-order valence-corrected chi connectivity index (χ1v) is 10.9. The fraction of sp³-hybridized carbons (Fsp3) is 0.360. The summed E-state index contributed by atoms with van der Waals surface area (Å²) in [5.74, 6) is -1.03. The van der Waals surface area contributed by atoms with Gasteiger partial charge in [0.2, 0.25) is 11.8 Å². The Morgan fingerprint density at radius 1 is 1.00 bits per heavy atom. The van der Waals surface area contributed by atoms with Gasteiger partial charge in [0.15, 0.2) is 6.61 Å². The Kier molecular flexibility index (Phi) is 5.04. The van der Waals surface area contributed by atoms with Crippen LogP contribution in [0, 0.1) is 30.6 Å². The quantitative estimate of drug-likeness (QED) is 0.578. The molecule has 1 N–H and O–H groups in total. The minimum atomic E-state index is -0.648. The smallest absolute Gasteiger partial charge is 0.338 e. The van der Waals surface area contributed by atoms with Crippen molar-refractivity contribution in [2.75, 3.05) is 16.8 Å². The van der Waals surface area contributed by atoms with E-state index in [-0.39, 0.29) is 29.2 Å². The molecule has 7 heteroatoms. The lowest BCUT2D eigenvalue weighted by Gasteiger charge is -2.19. The number of carbonyl (C=O) groups excluding carboxylic acids is 4. The van der Waals surface area contributed by atoms with Gasteiger partial charge < -0.3 is 10.1 Å². The third kappa shape index (κ3) is 3.47. The van der Waals surface area contributed by atoms with Crippen molar-refractivity contribution in [1.82, 2.24) is 0 Å². The maximum absolute atomic E-state index is 12.9. The van der Waals surface area contributed by atoms with Crippen LogP contribution in [0.1, 0.15) is 35.2 Å². The number of hydrogen-bond donors (Lipinski definition) is 1. The first kappa shape index (κ1) is 20.4. The van der Waals surface area contributed by atoms with E-state index < -0.39 is 18.5 Å². The molecule has 164 valence electrons. The van der Waals surface area contributed by atoms with Crippen molar-refractivity contribution in [3.63, 3.8) is 0 Å². The lowest BCUT2D eigenvalue weighted by atomic mass is 9.81. The van der Waals surface area contributed by atoms with Gasteiger partial charge in [0, 0.05) is 5.69 Å². The average molecular weight is 432 g/mol. The second-order valence-electron chi connectivity index (χ2n) is 8.94. The number of esters is 1. The minimum Gasteiger partial charge on any atom is -0.452 e. The number of rotatable bonds is 5. The van der Waals surface area contributed by atoms with Crippen molar-refractivity contribution in [2.45, 2.75) is 26.2 Å². The SMILES string of the molecule is Cc1cccc(NC(=O)COC(=O)c2ccc(N3C(=O)[C@@H]4[C@H]5CC[C@@H](C5)[C@H]4C3=O)cc2)c1. The Balaban J connectivity index is 1.20. The number of fused-ring (bicyclic) bond motifs is 5. The molecule has 1 aliphatic heterocycles. The summed E-state index contributed by atoms with van der Waals surface area (Å²) in [6.45, 7) is 1.50. The van der Waals surface area contributed by atoms with E-state index in [1.807, 2.05) is 25.1 Å². The zero-order chi connectivity index (χ0) is 22.4. The van der Waals surface area contributed by atoms with Gasteiger partial charge in [-0.3, -0.25) is 19.3 Å². The van der Waals surface area contributed by atoms with E-state index in [1.54, 1.807) is 18.2 Å². The van der Waals surface area contributed by atoms with E-state index in [2.05, 4.69) is 5.32 Å². The first-order chi connectivity index (χ1) is 15.4. The molecule has 0 unspecified atom stereocenters. The zero-order valence-electron chi connectivity index (χ0n) is 17.7. The van der Waals surface area contributed by atoms with Crippen LogP contribution in [0.25, 0.3) is 0 Å². The summed E-state index contributed by atoms with van der Waals surface area (Å²) in [6, 6.07) is 13.5. The van der Waals surface area contributed by atoms with E-state index >= 15 is 0 Å². The molecule has 1 heterocycles. The Morgan fingerprint density at radius 3 is 2.28 bits per heavy atom. The maximum Gasteiger partial charge on any atom is 0.338 e. The van der Waals surface area contributed by atoms with Gasteiger partial charge in [-0.15, -0.1) is 0 Å². The van der Waals surface area contributed by atoms with Gasteiger partial charge >= 0.3 is 5.97 Å². The summed E-state index contributed by atoms with van der Waals surface area (Å²) >= 11 is 0. The summed E-state index contributed by atoms with van der Waals surface area (Å²) in [5, 5.41) is 2.68. The van der Waals surface area contributed by atoms with E-state index in [4.69, 9.17) is 4.74 Å². The van der Waals surface area contributed by atoms with Crippen LogP contribution in [0.3, 0.4) is 0 Å². The Morgan fingerprint density at radius 2 is 1.66 bits per heavy atom. The number of nitrogens with one attached hydrogen (secondary N) is 1. The van der Waals surface area contributed by atoms with Crippen molar-refractivity contribution >= 4 is 35.1 Å². The molecule has 2 aromatic carbocycles. The summed E-state index contributed by atoms with van der Waals surface area (Å²) in [4.78, 5) is 51.5. The molecule has 2 saturated carbocycles. The number of anilines is 2. The second kappa shape index (κ2) is 7.89. The highest BCUT2D eigenvalue weighted by atomic mass is 16.5. The predicted octanol–water partition coefficient (Wildman–Crippen LogP) is 3.33. The van der Waals surface area contributed by atoms with Crippen molar-refractivity contribution in [1.29, 1.82) is 0 Å². The number of amides is 3. The van der Waals surface area contributed by atoms with Gasteiger partial charge in [0.1, 0.15) is 0 Å². The first-order valence-electron chi connectivity index (χ1n) is 10.9. The molecule has 3 fully saturated rings. The van der Waals surface area contributed by atoms with E-state index in [9.17, 15) is 19.2 Å². The Hall–Kier alpha value is -3.48. The van der Waals surface area contributed by atoms with E-state index in [0.717, 1.165) is 24.8 Å². The molecular weight excluding hydrogens is 408 g/mol. The number of ether oxygens (including phenoxy) is 1. The topological polar surface area (TPSA) is 92.8 Å². The van der Waals surface area contributed by atoms with Crippen LogP contribution in [0.2, 0.25) is 0 Å². The molecule has 0 spiro atoms. The molecule has 2 aliphatic carbocycles. The molecule has 32 heavy (non-hydrogen) atoms. The predicted molar refractivity (Wildman–Crippen MR) is 117 cm³/mol. The van der Waals surface area contributed by atoms with Crippen LogP contribution < -0.4 is 10.2 Å². The molecule has 4 atom stereocenters. The number of carbonyl (C=O) groups is 4. The highest BCUT2D eigenvalue weighted by Crippen LogP contribution is 2.56. The van der Waals surface area contributed by atoms with Crippen LogP contribution in [-0.2, 0) is 19.1 Å². The van der Waals surface area contributed by atoms with Gasteiger partial charge in [-0.25, -0.2) is 4.79 Å². The standard InChI is InChI=1S/C25H24N2O5/c1-14-3-2-4-18(11-14)26-20(28)13-32-25(31)15-7-9-19(10-8-15)27-23(29)21-16-5-6-17(12-16)22(21)24(27)30/h2-4,7-11,16-17,21-22H,5-6,12-13H2,1H3,(H,26,28)/t16-,17-,21+,22+/m0/s1. The third-order valence-electron chi connectivity index (χ3n) is 6.92. The van der Waals surface area contributed by atoms with Crippen LogP contribution >= 0.6 is 0 Å². The van der Waals surface area contributed by atoms with Crippen LogP contribution in [0.5, 0.6) is 0 Å². The van der Waals surface area contributed by atoms with Gasteiger partial charge in [-0.2, -0.15) is 0 Å². The monoisotopic (exact) mass is 432 g/mol. The normalized spacial score (nSPS) is 25.7. The summed E-state index contributed by atoms with van der Waals surface area (Å²) in [5.41, 5.74) is 2.36. The highest BCUT2D eigenvalue weighted by molar-refractivity contribution is 6.22. The van der Waals surface area contributed by atoms with Crippen LogP contribution in [-0.4, -0.2) is 30.3 Å².